The average Bonchev–Trinajstić information content (AvgIpc) is 2.85. The number of hydrogen-bond donors (Lipinski definition) is 0. The number of unbranched alkanes of at least 4 members (excludes halogenated alkanes) is 1. The Hall–Kier alpha value is -0.160. The third kappa shape index (κ3) is 4.50. The lowest BCUT2D eigenvalue weighted by atomic mass is 10.2. The molecule has 0 N–H and O–H groups in total. The summed E-state index contributed by atoms with van der Waals surface area (Å²) >= 11 is 7.49. The first-order chi connectivity index (χ1) is 8.78. The molecule has 0 radical (unpaired) electrons. The molecule has 0 bridgehead atoms. The average molecular weight is 288 g/mol. The van der Waals surface area contributed by atoms with Gasteiger partial charge in [-0.3, -0.25) is 0 Å². The maximum atomic E-state index is 5.75. The summed E-state index contributed by atoms with van der Waals surface area (Å²) in [6.07, 6.45) is 3.62. The van der Waals surface area contributed by atoms with Crippen LogP contribution in [0.25, 0.3) is 0 Å². The van der Waals surface area contributed by atoms with Gasteiger partial charge in [-0.05, 0) is 32.9 Å². The Labute approximate surface area is 119 Å². The molecule has 18 heavy (non-hydrogen) atoms. The number of likely N-dealkylation sites (N-methyl/N-ethyl adjacent to an activating group) is 1. The zero-order valence-electron chi connectivity index (χ0n) is 11.1. The summed E-state index contributed by atoms with van der Waals surface area (Å²) in [5.41, 5.74) is 1.02. The van der Waals surface area contributed by atoms with E-state index >= 15 is 0 Å². The SMILES string of the molecule is CN1CCN(CCCCc2nc(CCl)cs2)CC1. The smallest absolute Gasteiger partial charge is 0.0928 e. The van der Waals surface area contributed by atoms with Crippen molar-refractivity contribution in [2.45, 2.75) is 25.1 Å². The van der Waals surface area contributed by atoms with Gasteiger partial charge >= 0.3 is 0 Å². The molecule has 3 nitrogen and oxygen atoms in total. The highest BCUT2D eigenvalue weighted by molar-refractivity contribution is 7.09. The van der Waals surface area contributed by atoms with Crippen LogP contribution in [0.2, 0.25) is 0 Å². The second-order valence-electron chi connectivity index (χ2n) is 4.97. The van der Waals surface area contributed by atoms with Crippen LogP contribution < -0.4 is 0 Å². The molecule has 0 spiro atoms. The Bertz CT molecular complexity index is 348. The number of halogens is 1. The third-order valence-electron chi connectivity index (χ3n) is 3.45. The molecule has 1 aromatic rings. The van der Waals surface area contributed by atoms with Gasteiger partial charge < -0.3 is 9.80 Å². The van der Waals surface area contributed by atoms with Gasteiger partial charge in [0.1, 0.15) is 0 Å². The van der Waals surface area contributed by atoms with Crippen LogP contribution >= 0.6 is 22.9 Å². The largest absolute Gasteiger partial charge is 0.304 e. The minimum absolute atomic E-state index is 0.539. The molecule has 1 saturated heterocycles. The van der Waals surface area contributed by atoms with E-state index in [2.05, 4.69) is 27.2 Å². The van der Waals surface area contributed by atoms with Gasteiger partial charge in [0.25, 0.3) is 0 Å². The molecule has 0 atom stereocenters. The van der Waals surface area contributed by atoms with Gasteiger partial charge in [0.05, 0.1) is 16.6 Å². The van der Waals surface area contributed by atoms with E-state index in [1.807, 2.05) is 0 Å². The van der Waals surface area contributed by atoms with Crippen LogP contribution in [0.15, 0.2) is 5.38 Å². The molecular formula is C13H22ClN3S. The fourth-order valence-corrected chi connectivity index (χ4v) is 3.28. The predicted octanol–water partition coefficient (Wildman–Crippen LogP) is 2.45. The van der Waals surface area contributed by atoms with Gasteiger partial charge in [-0.2, -0.15) is 0 Å². The van der Waals surface area contributed by atoms with E-state index in [0.29, 0.717) is 5.88 Å². The molecular weight excluding hydrogens is 266 g/mol. The summed E-state index contributed by atoms with van der Waals surface area (Å²) in [6.45, 7) is 6.12. The highest BCUT2D eigenvalue weighted by atomic mass is 35.5. The van der Waals surface area contributed by atoms with Crippen LogP contribution in [0.5, 0.6) is 0 Å². The van der Waals surface area contributed by atoms with Gasteiger partial charge in [0.15, 0.2) is 0 Å². The van der Waals surface area contributed by atoms with E-state index in [1.54, 1.807) is 11.3 Å². The van der Waals surface area contributed by atoms with E-state index in [0.717, 1.165) is 12.1 Å². The van der Waals surface area contributed by atoms with Crippen molar-refractivity contribution in [3.8, 4) is 0 Å². The molecule has 1 aliphatic rings. The molecule has 0 amide bonds. The first-order valence-electron chi connectivity index (χ1n) is 6.68. The second kappa shape index (κ2) is 7.43. The summed E-state index contributed by atoms with van der Waals surface area (Å²) in [5.74, 6) is 0.539. The summed E-state index contributed by atoms with van der Waals surface area (Å²) in [5, 5.41) is 3.31. The van der Waals surface area contributed by atoms with Crippen molar-refractivity contribution < 1.29 is 0 Å². The zero-order chi connectivity index (χ0) is 12.8. The number of nitrogens with zero attached hydrogens (tertiary/aromatic N) is 3. The van der Waals surface area contributed by atoms with Gasteiger partial charge in [-0.15, -0.1) is 22.9 Å². The van der Waals surface area contributed by atoms with E-state index in [-0.39, 0.29) is 0 Å². The molecule has 1 fully saturated rings. The summed E-state index contributed by atoms with van der Waals surface area (Å²) in [4.78, 5) is 9.47. The predicted molar refractivity (Wildman–Crippen MR) is 78.5 cm³/mol. The van der Waals surface area contributed by atoms with Crippen LogP contribution in [-0.4, -0.2) is 54.6 Å². The number of aromatic nitrogens is 1. The van der Waals surface area contributed by atoms with E-state index in [9.17, 15) is 0 Å². The maximum Gasteiger partial charge on any atom is 0.0928 e. The van der Waals surface area contributed by atoms with Crippen LogP contribution in [0, 0.1) is 0 Å². The van der Waals surface area contributed by atoms with E-state index in [1.165, 1.54) is 50.6 Å². The molecule has 0 unspecified atom stereocenters. The van der Waals surface area contributed by atoms with Crippen LogP contribution in [0.3, 0.4) is 0 Å². The van der Waals surface area contributed by atoms with Crippen molar-refractivity contribution in [1.29, 1.82) is 0 Å². The lowest BCUT2D eigenvalue weighted by Crippen LogP contribution is -2.44. The van der Waals surface area contributed by atoms with Crippen molar-refractivity contribution in [3.63, 3.8) is 0 Å². The van der Waals surface area contributed by atoms with Gasteiger partial charge in [-0.25, -0.2) is 4.98 Å². The molecule has 0 aromatic carbocycles. The second-order valence-corrected chi connectivity index (χ2v) is 6.18. The van der Waals surface area contributed by atoms with E-state index in [4.69, 9.17) is 11.6 Å². The third-order valence-corrected chi connectivity index (χ3v) is 4.68. The highest BCUT2D eigenvalue weighted by Gasteiger charge is 2.12. The fraction of sp³-hybridized carbons (Fsp3) is 0.769. The highest BCUT2D eigenvalue weighted by Crippen LogP contribution is 2.14. The number of piperazine rings is 1. The normalized spacial score (nSPS) is 18.3. The Balaban J connectivity index is 1.58. The van der Waals surface area contributed by atoms with Crippen LogP contribution in [0.1, 0.15) is 23.5 Å². The van der Waals surface area contributed by atoms with Crippen molar-refractivity contribution in [2.75, 3.05) is 39.8 Å². The Morgan fingerprint density at radius 3 is 2.72 bits per heavy atom. The molecule has 5 heteroatoms. The minimum atomic E-state index is 0.539. The summed E-state index contributed by atoms with van der Waals surface area (Å²) in [6, 6.07) is 0. The summed E-state index contributed by atoms with van der Waals surface area (Å²) < 4.78 is 0. The molecule has 1 aliphatic heterocycles. The number of rotatable bonds is 6. The molecule has 2 rings (SSSR count). The first-order valence-corrected chi connectivity index (χ1v) is 8.09. The Morgan fingerprint density at radius 1 is 1.28 bits per heavy atom. The van der Waals surface area contributed by atoms with Crippen molar-refractivity contribution in [1.82, 2.24) is 14.8 Å². The molecule has 2 heterocycles. The van der Waals surface area contributed by atoms with E-state index < -0.39 is 0 Å². The standard InChI is InChI=1S/C13H22ClN3S/c1-16-6-8-17(9-7-16)5-3-2-4-13-15-12(10-14)11-18-13/h11H,2-10H2,1H3. The number of thiazole rings is 1. The van der Waals surface area contributed by atoms with Crippen LogP contribution in [-0.2, 0) is 12.3 Å². The molecule has 1 aromatic heterocycles. The van der Waals surface area contributed by atoms with Gasteiger partial charge in [0, 0.05) is 31.6 Å². The van der Waals surface area contributed by atoms with Crippen LogP contribution in [0.4, 0.5) is 0 Å². The molecule has 0 aliphatic carbocycles. The van der Waals surface area contributed by atoms with Crippen molar-refractivity contribution in [3.05, 3.63) is 16.1 Å². The number of aryl methyl sites for hydroxylation is 1. The first kappa shape index (κ1) is 14.3. The minimum Gasteiger partial charge on any atom is -0.304 e. The molecule has 102 valence electrons. The lowest BCUT2D eigenvalue weighted by Gasteiger charge is -2.32. The summed E-state index contributed by atoms with van der Waals surface area (Å²) in [7, 11) is 2.20. The van der Waals surface area contributed by atoms with Crippen molar-refractivity contribution in [2.24, 2.45) is 0 Å². The Morgan fingerprint density at radius 2 is 2.06 bits per heavy atom. The zero-order valence-corrected chi connectivity index (χ0v) is 12.6. The number of alkyl halides is 1. The van der Waals surface area contributed by atoms with Crippen molar-refractivity contribution >= 4 is 22.9 Å². The lowest BCUT2D eigenvalue weighted by molar-refractivity contribution is 0.152. The van der Waals surface area contributed by atoms with Gasteiger partial charge in [0.2, 0.25) is 0 Å². The topological polar surface area (TPSA) is 19.4 Å². The Kier molecular flexibility index (Phi) is 5.89. The maximum absolute atomic E-state index is 5.75. The number of hydrogen-bond acceptors (Lipinski definition) is 4. The quantitative estimate of drug-likeness (QED) is 0.592. The monoisotopic (exact) mass is 287 g/mol. The van der Waals surface area contributed by atoms with Gasteiger partial charge in [-0.1, -0.05) is 0 Å². The fourth-order valence-electron chi connectivity index (χ4n) is 2.21. The molecule has 0 saturated carbocycles.